The Morgan fingerprint density at radius 3 is 2.55 bits per heavy atom. The lowest BCUT2D eigenvalue weighted by Gasteiger charge is -2.35. The predicted molar refractivity (Wildman–Crippen MR) is 113 cm³/mol. The quantitative estimate of drug-likeness (QED) is 0.649. The molecule has 1 fully saturated rings. The number of methoxy groups -OCH3 is 1. The van der Waals surface area contributed by atoms with E-state index in [0.29, 0.717) is 11.3 Å². The van der Waals surface area contributed by atoms with E-state index in [1.807, 2.05) is 53.7 Å². The molecule has 0 saturated carbocycles. The first-order chi connectivity index (χ1) is 14.2. The van der Waals surface area contributed by atoms with Crippen molar-refractivity contribution in [3.63, 3.8) is 0 Å². The first kappa shape index (κ1) is 19.2. The minimum atomic E-state index is 0.0736. The van der Waals surface area contributed by atoms with Crippen molar-refractivity contribution in [1.82, 2.24) is 19.4 Å². The van der Waals surface area contributed by atoms with Crippen molar-refractivity contribution in [2.24, 2.45) is 0 Å². The molecule has 150 valence electrons. The van der Waals surface area contributed by atoms with E-state index in [4.69, 9.17) is 4.74 Å². The molecular formula is C23H26N4O2. The summed E-state index contributed by atoms with van der Waals surface area (Å²) in [7, 11) is 1.62. The molecule has 0 atom stereocenters. The Bertz CT molecular complexity index is 946. The summed E-state index contributed by atoms with van der Waals surface area (Å²) in [5, 5.41) is 0. The van der Waals surface area contributed by atoms with Crippen LogP contribution >= 0.6 is 0 Å². The van der Waals surface area contributed by atoms with E-state index in [9.17, 15) is 4.79 Å². The largest absolute Gasteiger partial charge is 0.497 e. The second-order valence-electron chi connectivity index (χ2n) is 7.18. The Kier molecular flexibility index (Phi) is 5.91. The van der Waals surface area contributed by atoms with E-state index in [0.717, 1.165) is 50.7 Å². The van der Waals surface area contributed by atoms with Crippen LogP contribution in [0.5, 0.6) is 5.75 Å². The molecule has 29 heavy (non-hydrogen) atoms. The highest BCUT2D eigenvalue weighted by Gasteiger charge is 2.22. The number of imidazole rings is 1. The van der Waals surface area contributed by atoms with E-state index in [2.05, 4.69) is 26.6 Å². The predicted octanol–water partition coefficient (Wildman–Crippen LogP) is 3.02. The van der Waals surface area contributed by atoms with Gasteiger partial charge < -0.3 is 14.2 Å². The van der Waals surface area contributed by atoms with Crippen LogP contribution in [-0.2, 0) is 6.54 Å². The van der Waals surface area contributed by atoms with Gasteiger partial charge in [-0.15, -0.1) is 0 Å². The average Bonchev–Trinajstić information content (AvgIpc) is 3.27. The summed E-state index contributed by atoms with van der Waals surface area (Å²) >= 11 is 0. The molecule has 6 nitrogen and oxygen atoms in total. The zero-order valence-corrected chi connectivity index (χ0v) is 16.7. The van der Waals surface area contributed by atoms with E-state index >= 15 is 0 Å². The molecular weight excluding hydrogens is 364 g/mol. The molecule has 2 aromatic carbocycles. The van der Waals surface area contributed by atoms with Crippen LogP contribution in [0.25, 0.3) is 11.4 Å². The van der Waals surface area contributed by atoms with Gasteiger partial charge in [0.15, 0.2) is 0 Å². The molecule has 3 aromatic rings. The fourth-order valence-electron chi connectivity index (χ4n) is 3.70. The highest BCUT2D eigenvalue weighted by Crippen LogP contribution is 2.18. The summed E-state index contributed by atoms with van der Waals surface area (Å²) in [6.45, 7) is 5.07. The molecule has 0 radical (unpaired) electrons. The molecule has 1 aromatic heterocycles. The second-order valence-corrected chi connectivity index (χ2v) is 7.18. The van der Waals surface area contributed by atoms with Crippen LogP contribution in [0.4, 0.5) is 0 Å². The Morgan fingerprint density at radius 1 is 1.00 bits per heavy atom. The third-order valence-electron chi connectivity index (χ3n) is 5.38. The van der Waals surface area contributed by atoms with Crippen LogP contribution in [0.15, 0.2) is 67.0 Å². The van der Waals surface area contributed by atoms with Crippen LogP contribution in [-0.4, -0.2) is 65.1 Å². The summed E-state index contributed by atoms with van der Waals surface area (Å²) in [5.41, 5.74) is 1.81. The van der Waals surface area contributed by atoms with Gasteiger partial charge in [-0.2, -0.15) is 0 Å². The molecule has 2 heterocycles. The fraction of sp³-hybridized carbons (Fsp3) is 0.304. The van der Waals surface area contributed by atoms with Crippen LogP contribution in [0.2, 0.25) is 0 Å². The van der Waals surface area contributed by atoms with Gasteiger partial charge in [0.2, 0.25) is 0 Å². The van der Waals surface area contributed by atoms with Crippen LogP contribution in [0.1, 0.15) is 10.4 Å². The highest BCUT2D eigenvalue weighted by atomic mass is 16.5. The molecule has 1 amide bonds. The number of rotatable bonds is 6. The van der Waals surface area contributed by atoms with E-state index in [1.165, 1.54) is 0 Å². The van der Waals surface area contributed by atoms with Crippen LogP contribution in [0.3, 0.4) is 0 Å². The maximum Gasteiger partial charge on any atom is 0.254 e. The lowest BCUT2D eigenvalue weighted by molar-refractivity contribution is 0.0633. The number of ether oxygens (including phenoxy) is 1. The summed E-state index contributed by atoms with van der Waals surface area (Å²) < 4.78 is 7.43. The number of carbonyl (C=O) groups excluding carboxylic acids is 1. The van der Waals surface area contributed by atoms with Gasteiger partial charge in [-0.1, -0.05) is 36.4 Å². The minimum Gasteiger partial charge on any atom is -0.497 e. The van der Waals surface area contributed by atoms with Crippen molar-refractivity contribution in [3.05, 3.63) is 72.6 Å². The number of nitrogens with zero attached hydrogens (tertiary/aromatic N) is 4. The normalized spacial score (nSPS) is 14.7. The van der Waals surface area contributed by atoms with Crippen molar-refractivity contribution in [1.29, 1.82) is 0 Å². The minimum absolute atomic E-state index is 0.0736. The average molecular weight is 390 g/mol. The molecule has 0 unspecified atom stereocenters. The number of hydrogen-bond donors (Lipinski definition) is 0. The summed E-state index contributed by atoms with van der Waals surface area (Å²) in [6, 6.07) is 17.6. The van der Waals surface area contributed by atoms with Gasteiger partial charge in [0.05, 0.1) is 7.11 Å². The molecule has 0 bridgehead atoms. The van der Waals surface area contributed by atoms with Gasteiger partial charge in [0.25, 0.3) is 5.91 Å². The van der Waals surface area contributed by atoms with Gasteiger partial charge in [0.1, 0.15) is 11.6 Å². The number of benzene rings is 2. The van der Waals surface area contributed by atoms with Gasteiger partial charge in [-0.3, -0.25) is 9.69 Å². The summed E-state index contributed by atoms with van der Waals surface area (Å²) in [6.07, 6.45) is 3.89. The van der Waals surface area contributed by atoms with Crippen molar-refractivity contribution in [3.8, 4) is 17.1 Å². The molecule has 4 rings (SSSR count). The number of amides is 1. The van der Waals surface area contributed by atoms with E-state index < -0.39 is 0 Å². The molecule has 0 N–H and O–H groups in total. The standard InChI is InChI=1S/C23H26N4O2/c1-29-21-9-5-8-20(18-21)23(28)27-16-13-25(14-17-27)12-15-26-11-10-24-22(26)19-6-3-2-4-7-19/h2-11,18H,12-17H2,1H3. The van der Waals surface area contributed by atoms with Gasteiger partial charge >= 0.3 is 0 Å². The van der Waals surface area contributed by atoms with Crippen molar-refractivity contribution < 1.29 is 9.53 Å². The number of carbonyl (C=O) groups is 1. The third kappa shape index (κ3) is 4.49. The maximum atomic E-state index is 12.8. The second kappa shape index (κ2) is 8.92. The first-order valence-corrected chi connectivity index (χ1v) is 9.97. The molecule has 0 aliphatic carbocycles. The zero-order chi connectivity index (χ0) is 20.1. The van der Waals surface area contributed by atoms with E-state index in [1.54, 1.807) is 13.2 Å². The molecule has 0 spiro atoms. The first-order valence-electron chi connectivity index (χ1n) is 9.97. The molecule has 1 aliphatic heterocycles. The Labute approximate surface area is 171 Å². The summed E-state index contributed by atoms with van der Waals surface area (Å²) in [5.74, 6) is 1.78. The molecule has 1 saturated heterocycles. The number of aromatic nitrogens is 2. The third-order valence-corrected chi connectivity index (χ3v) is 5.38. The van der Waals surface area contributed by atoms with Crippen LogP contribution < -0.4 is 4.74 Å². The fourth-order valence-corrected chi connectivity index (χ4v) is 3.70. The van der Waals surface area contributed by atoms with Gasteiger partial charge in [0, 0.05) is 62.8 Å². The number of hydrogen-bond acceptors (Lipinski definition) is 4. The van der Waals surface area contributed by atoms with Gasteiger partial charge in [-0.25, -0.2) is 4.98 Å². The Hall–Kier alpha value is -3.12. The summed E-state index contributed by atoms with van der Waals surface area (Å²) in [4.78, 5) is 21.6. The smallest absolute Gasteiger partial charge is 0.254 e. The lowest BCUT2D eigenvalue weighted by Crippen LogP contribution is -2.49. The molecule has 6 heteroatoms. The monoisotopic (exact) mass is 390 g/mol. The lowest BCUT2D eigenvalue weighted by atomic mass is 10.1. The number of piperazine rings is 1. The SMILES string of the molecule is COc1cccc(C(=O)N2CCN(CCn3ccnc3-c3ccccc3)CC2)c1. The van der Waals surface area contributed by atoms with Crippen LogP contribution in [0, 0.1) is 0 Å². The van der Waals surface area contributed by atoms with E-state index in [-0.39, 0.29) is 5.91 Å². The van der Waals surface area contributed by atoms with Gasteiger partial charge in [-0.05, 0) is 18.2 Å². The van der Waals surface area contributed by atoms with Crippen molar-refractivity contribution in [2.45, 2.75) is 6.54 Å². The maximum absolute atomic E-state index is 12.8. The highest BCUT2D eigenvalue weighted by molar-refractivity contribution is 5.94. The van der Waals surface area contributed by atoms with Crippen molar-refractivity contribution in [2.75, 3.05) is 39.8 Å². The Morgan fingerprint density at radius 2 is 1.79 bits per heavy atom. The molecule has 1 aliphatic rings. The Balaban J connectivity index is 1.31. The topological polar surface area (TPSA) is 50.6 Å². The van der Waals surface area contributed by atoms with Crippen molar-refractivity contribution >= 4 is 5.91 Å². The zero-order valence-electron chi connectivity index (χ0n) is 16.7.